The molecule has 0 aliphatic carbocycles. The van der Waals surface area contributed by atoms with Crippen LogP contribution in [0.2, 0.25) is 0 Å². The van der Waals surface area contributed by atoms with Crippen molar-refractivity contribution in [3.05, 3.63) is 50.2 Å². The predicted molar refractivity (Wildman–Crippen MR) is 84.4 cm³/mol. The summed E-state index contributed by atoms with van der Waals surface area (Å²) >= 11 is 2.21. The summed E-state index contributed by atoms with van der Waals surface area (Å²) in [5.41, 5.74) is 0.938. The van der Waals surface area contributed by atoms with Crippen molar-refractivity contribution in [1.29, 1.82) is 0 Å². The summed E-state index contributed by atoms with van der Waals surface area (Å²) in [7, 11) is 0. The van der Waals surface area contributed by atoms with E-state index in [1.165, 1.54) is 0 Å². The molecule has 2 aromatic heterocycles. The highest BCUT2D eigenvalue weighted by Crippen LogP contribution is 2.14. The van der Waals surface area contributed by atoms with Gasteiger partial charge in [-0.05, 0) is 47.6 Å². The lowest BCUT2D eigenvalue weighted by molar-refractivity contribution is 0.424. The summed E-state index contributed by atoms with van der Waals surface area (Å²) in [5.74, 6) is 0. The van der Waals surface area contributed by atoms with Crippen LogP contribution >= 0.6 is 22.6 Å². The van der Waals surface area contributed by atoms with Gasteiger partial charge in [-0.15, -0.1) is 0 Å². The lowest BCUT2D eigenvalue weighted by atomic mass is 10.2. The highest BCUT2D eigenvalue weighted by molar-refractivity contribution is 14.1. The Kier molecular flexibility index (Phi) is 4.79. The molecule has 0 aliphatic rings. The van der Waals surface area contributed by atoms with Gasteiger partial charge in [-0.1, -0.05) is 13.8 Å². The van der Waals surface area contributed by atoms with Crippen molar-refractivity contribution in [1.82, 2.24) is 14.3 Å². The molecule has 0 N–H and O–H groups in total. The zero-order chi connectivity index (χ0) is 13.8. The van der Waals surface area contributed by atoms with Crippen LogP contribution in [0.4, 0.5) is 0 Å². The largest absolute Gasteiger partial charge is 0.308 e. The fourth-order valence-corrected chi connectivity index (χ4v) is 2.64. The van der Waals surface area contributed by atoms with E-state index in [0.29, 0.717) is 12.6 Å². The number of halogens is 1. The molecule has 19 heavy (non-hydrogen) atoms. The second kappa shape index (κ2) is 6.36. The lowest BCUT2D eigenvalue weighted by Crippen LogP contribution is -2.19. The number of pyridine rings is 1. The lowest BCUT2D eigenvalue weighted by Gasteiger charge is -2.12. The third-order valence-electron chi connectivity index (χ3n) is 3.26. The molecular weight excluding hydrogens is 353 g/mol. The van der Waals surface area contributed by atoms with Crippen LogP contribution in [-0.4, -0.2) is 14.3 Å². The van der Waals surface area contributed by atoms with Gasteiger partial charge in [-0.3, -0.25) is 9.48 Å². The average Bonchev–Trinajstić information content (AvgIpc) is 2.84. The first-order chi connectivity index (χ1) is 9.13. The summed E-state index contributed by atoms with van der Waals surface area (Å²) in [5, 5.41) is 4.57. The number of hydrogen-bond acceptors (Lipinski definition) is 2. The van der Waals surface area contributed by atoms with Crippen molar-refractivity contribution < 1.29 is 0 Å². The molecule has 0 fully saturated rings. The van der Waals surface area contributed by atoms with Gasteiger partial charge in [0.15, 0.2) is 0 Å². The van der Waals surface area contributed by atoms with E-state index in [2.05, 4.69) is 41.5 Å². The van der Waals surface area contributed by atoms with E-state index in [9.17, 15) is 4.79 Å². The molecule has 0 radical (unpaired) electrons. The van der Waals surface area contributed by atoms with Gasteiger partial charge in [-0.2, -0.15) is 5.10 Å². The first kappa shape index (κ1) is 14.3. The smallest absolute Gasteiger partial charge is 0.250 e. The molecule has 0 saturated heterocycles. The van der Waals surface area contributed by atoms with Crippen LogP contribution in [0.5, 0.6) is 0 Å². The van der Waals surface area contributed by atoms with Gasteiger partial charge in [0.1, 0.15) is 0 Å². The number of aromatic nitrogens is 3. The molecule has 2 rings (SSSR count). The minimum absolute atomic E-state index is 0.0116. The molecule has 0 amide bonds. The normalized spacial score (nSPS) is 11.2. The van der Waals surface area contributed by atoms with Crippen LogP contribution in [-0.2, 0) is 6.54 Å². The van der Waals surface area contributed by atoms with Gasteiger partial charge < -0.3 is 4.57 Å². The van der Waals surface area contributed by atoms with Crippen LogP contribution in [0.25, 0.3) is 0 Å². The molecule has 2 heterocycles. The summed E-state index contributed by atoms with van der Waals surface area (Å²) in [6.07, 6.45) is 6.01. The molecule has 0 spiro atoms. The molecule has 0 bridgehead atoms. The maximum absolute atomic E-state index is 11.8. The molecule has 5 heteroatoms. The van der Waals surface area contributed by atoms with Crippen molar-refractivity contribution >= 4 is 22.6 Å². The van der Waals surface area contributed by atoms with Crippen molar-refractivity contribution in [3.8, 4) is 0 Å². The molecule has 4 nitrogen and oxygen atoms in total. The van der Waals surface area contributed by atoms with Gasteiger partial charge >= 0.3 is 0 Å². The zero-order valence-electron chi connectivity index (χ0n) is 11.2. The van der Waals surface area contributed by atoms with Crippen molar-refractivity contribution in [3.63, 3.8) is 0 Å². The van der Waals surface area contributed by atoms with E-state index in [1.54, 1.807) is 10.6 Å². The van der Waals surface area contributed by atoms with E-state index in [1.807, 2.05) is 29.2 Å². The Morgan fingerprint density at radius 2 is 2.00 bits per heavy atom. The molecule has 0 atom stereocenters. The molecule has 0 saturated carbocycles. The second-order valence-electron chi connectivity index (χ2n) is 4.57. The standard InChI is InChI=1S/C14H18IN3O/c1-3-13(4-2)18-8-7-12(16-18)10-17-9-11(15)5-6-14(17)19/h5-9,13H,3-4,10H2,1-2H3. The van der Waals surface area contributed by atoms with Gasteiger partial charge in [-0.25, -0.2) is 0 Å². The minimum Gasteiger partial charge on any atom is -0.308 e. The second-order valence-corrected chi connectivity index (χ2v) is 5.82. The third-order valence-corrected chi connectivity index (χ3v) is 3.90. The van der Waals surface area contributed by atoms with Crippen LogP contribution in [0.1, 0.15) is 38.4 Å². The van der Waals surface area contributed by atoms with Crippen LogP contribution < -0.4 is 5.56 Å². The van der Waals surface area contributed by atoms with E-state index in [-0.39, 0.29) is 5.56 Å². The Hall–Kier alpha value is -1.11. The monoisotopic (exact) mass is 371 g/mol. The van der Waals surface area contributed by atoms with Crippen LogP contribution in [0.15, 0.2) is 35.4 Å². The molecule has 102 valence electrons. The molecular formula is C14H18IN3O. The highest BCUT2D eigenvalue weighted by Gasteiger charge is 2.08. The first-order valence-electron chi connectivity index (χ1n) is 6.54. The Labute approximate surface area is 126 Å². The fourth-order valence-electron chi connectivity index (χ4n) is 2.13. The van der Waals surface area contributed by atoms with Gasteiger partial charge in [0.05, 0.1) is 18.3 Å². The topological polar surface area (TPSA) is 39.8 Å². The zero-order valence-corrected chi connectivity index (χ0v) is 13.4. The number of nitrogens with zero attached hydrogens (tertiary/aromatic N) is 3. The summed E-state index contributed by atoms with van der Waals surface area (Å²) in [6.45, 7) is 4.86. The van der Waals surface area contributed by atoms with E-state index < -0.39 is 0 Å². The third kappa shape index (κ3) is 3.46. The van der Waals surface area contributed by atoms with Gasteiger partial charge in [0.2, 0.25) is 0 Å². The maximum atomic E-state index is 11.8. The van der Waals surface area contributed by atoms with Crippen molar-refractivity contribution in [2.45, 2.75) is 39.3 Å². The van der Waals surface area contributed by atoms with E-state index in [4.69, 9.17) is 0 Å². The minimum atomic E-state index is 0.0116. The van der Waals surface area contributed by atoms with Crippen LogP contribution in [0, 0.1) is 3.57 Å². The van der Waals surface area contributed by atoms with Gasteiger partial charge in [0, 0.05) is 22.0 Å². The van der Waals surface area contributed by atoms with Crippen molar-refractivity contribution in [2.24, 2.45) is 0 Å². The summed E-state index contributed by atoms with van der Waals surface area (Å²) < 4.78 is 4.76. The molecule has 0 unspecified atom stereocenters. The Balaban J connectivity index is 2.20. The number of rotatable bonds is 5. The quantitative estimate of drug-likeness (QED) is 0.758. The van der Waals surface area contributed by atoms with Crippen LogP contribution in [0.3, 0.4) is 0 Å². The number of hydrogen-bond donors (Lipinski definition) is 0. The predicted octanol–water partition coefficient (Wildman–Crippen LogP) is 3.06. The molecule has 2 aromatic rings. The Morgan fingerprint density at radius 3 is 2.68 bits per heavy atom. The maximum Gasteiger partial charge on any atom is 0.250 e. The van der Waals surface area contributed by atoms with Gasteiger partial charge in [0.25, 0.3) is 5.56 Å². The average molecular weight is 371 g/mol. The van der Waals surface area contributed by atoms with E-state index >= 15 is 0 Å². The Morgan fingerprint density at radius 1 is 1.26 bits per heavy atom. The van der Waals surface area contributed by atoms with E-state index in [0.717, 1.165) is 22.1 Å². The molecule has 0 aliphatic heterocycles. The highest BCUT2D eigenvalue weighted by atomic mass is 127. The van der Waals surface area contributed by atoms with Crippen molar-refractivity contribution in [2.75, 3.05) is 0 Å². The first-order valence-corrected chi connectivity index (χ1v) is 7.62. The Bertz CT molecular complexity index is 599. The fraction of sp³-hybridized carbons (Fsp3) is 0.429. The summed E-state index contributed by atoms with van der Waals surface area (Å²) in [6, 6.07) is 5.85. The SMILES string of the molecule is CCC(CC)n1ccc(Cn2cc(I)ccc2=O)n1. The molecule has 0 aromatic carbocycles. The summed E-state index contributed by atoms with van der Waals surface area (Å²) in [4.78, 5) is 11.8.